The monoisotopic (exact) mass is 308 g/mol. The van der Waals surface area contributed by atoms with Crippen LogP contribution in [0.4, 0.5) is 0 Å². The van der Waals surface area contributed by atoms with Crippen molar-refractivity contribution in [2.75, 3.05) is 0 Å². The summed E-state index contributed by atoms with van der Waals surface area (Å²) in [6.45, 7) is 2.90. The van der Waals surface area contributed by atoms with Crippen molar-refractivity contribution in [3.63, 3.8) is 0 Å². The predicted molar refractivity (Wildman–Crippen MR) is 93.7 cm³/mol. The molecule has 112 valence electrons. The summed E-state index contributed by atoms with van der Waals surface area (Å²) < 4.78 is 5.83. The first-order valence-electron chi connectivity index (χ1n) is 7.60. The molecule has 0 amide bonds. The summed E-state index contributed by atoms with van der Waals surface area (Å²) in [5.74, 6) is 1.49. The van der Waals surface area contributed by atoms with Gasteiger partial charge in [0.05, 0.1) is 0 Å². The zero-order valence-electron chi connectivity index (χ0n) is 12.7. The number of thiophene rings is 1. The van der Waals surface area contributed by atoms with Gasteiger partial charge in [0.1, 0.15) is 12.4 Å². The lowest BCUT2D eigenvalue weighted by molar-refractivity contribution is 0.306. The van der Waals surface area contributed by atoms with Gasteiger partial charge in [-0.1, -0.05) is 55.5 Å². The van der Waals surface area contributed by atoms with Gasteiger partial charge in [-0.2, -0.15) is 0 Å². The summed E-state index contributed by atoms with van der Waals surface area (Å²) in [5, 5.41) is 2.15. The summed E-state index contributed by atoms with van der Waals surface area (Å²) in [6, 6.07) is 23.1. The molecule has 3 aromatic rings. The molecule has 1 heterocycles. The molecule has 0 N–H and O–H groups in total. The highest BCUT2D eigenvalue weighted by molar-refractivity contribution is 7.10. The zero-order valence-corrected chi connectivity index (χ0v) is 13.6. The Morgan fingerprint density at radius 2 is 1.64 bits per heavy atom. The minimum atomic E-state index is 0.566. The molecule has 0 spiro atoms. The molecular formula is C20H20OS. The van der Waals surface area contributed by atoms with Crippen LogP contribution in [0.3, 0.4) is 0 Å². The topological polar surface area (TPSA) is 9.23 Å². The van der Waals surface area contributed by atoms with Crippen LogP contribution in [-0.4, -0.2) is 0 Å². The lowest BCUT2D eigenvalue weighted by Crippen LogP contribution is -1.97. The number of ether oxygens (including phenoxy) is 1. The first-order chi connectivity index (χ1) is 10.8. The molecule has 3 rings (SSSR count). The lowest BCUT2D eigenvalue weighted by Gasteiger charge is -2.11. The van der Waals surface area contributed by atoms with E-state index in [1.807, 2.05) is 29.5 Å². The summed E-state index contributed by atoms with van der Waals surface area (Å²) in [4.78, 5) is 1.45. The van der Waals surface area contributed by atoms with Crippen LogP contribution in [0.2, 0.25) is 0 Å². The quantitative estimate of drug-likeness (QED) is 0.570. The standard InChI is InChI=1S/C20H20OS/c1-16(20-8-5-13-22-20)14-17-9-11-19(12-10-17)21-15-18-6-3-2-4-7-18/h2-13,16H,14-15H2,1H3/t16-/m1/s1. The van der Waals surface area contributed by atoms with Crippen LogP contribution in [0.5, 0.6) is 5.75 Å². The van der Waals surface area contributed by atoms with Crippen LogP contribution in [0, 0.1) is 0 Å². The highest BCUT2D eigenvalue weighted by atomic mass is 32.1. The fraction of sp³-hybridized carbons (Fsp3) is 0.200. The van der Waals surface area contributed by atoms with Crippen molar-refractivity contribution in [3.8, 4) is 5.75 Å². The van der Waals surface area contributed by atoms with E-state index in [4.69, 9.17) is 4.74 Å². The Kier molecular flexibility index (Phi) is 4.92. The molecule has 0 saturated heterocycles. The van der Waals surface area contributed by atoms with E-state index in [1.165, 1.54) is 16.0 Å². The first-order valence-corrected chi connectivity index (χ1v) is 8.48. The second-order valence-corrected chi connectivity index (χ2v) is 6.52. The van der Waals surface area contributed by atoms with Gasteiger partial charge in [0.15, 0.2) is 0 Å². The Hall–Kier alpha value is -2.06. The predicted octanol–water partition coefficient (Wildman–Crippen LogP) is 5.67. The minimum absolute atomic E-state index is 0.566. The van der Waals surface area contributed by atoms with Gasteiger partial charge in [-0.05, 0) is 47.0 Å². The van der Waals surface area contributed by atoms with Crippen molar-refractivity contribution in [2.24, 2.45) is 0 Å². The van der Waals surface area contributed by atoms with E-state index in [0.717, 1.165) is 12.2 Å². The van der Waals surface area contributed by atoms with Gasteiger partial charge in [-0.25, -0.2) is 0 Å². The van der Waals surface area contributed by atoms with Crippen LogP contribution in [0.1, 0.15) is 28.8 Å². The third-order valence-corrected chi connectivity index (χ3v) is 4.85. The smallest absolute Gasteiger partial charge is 0.119 e. The Labute approximate surface area is 136 Å². The van der Waals surface area contributed by atoms with Crippen LogP contribution >= 0.6 is 11.3 Å². The highest BCUT2D eigenvalue weighted by Crippen LogP contribution is 2.25. The third kappa shape index (κ3) is 3.99. The molecule has 0 bridgehead atoms. The number of hydrogen-bond acceptors (Lipinski definition) is 2. The fourth-order valence-electron chi connectivity index (χ4n) is 2.49. The Morgan fingerprint density at radius 3 is 2.32 bits per heavy atom. The maximum Gasteiger partial charge on any atom is 0.119 e. The van der Waals surface area contributed by atoms with Crippen LogP contribution in [0.15, 0.2) is 72.1 Å². The number of hydrogen-bond donors (Lipinski definition) is 0. The molecule has 1 atom stereocenters. The van der Waals surface area contributed by atoms with Gasteiger partial charge in [0.25, 0.3) is 0 Å². The van der Waals surface area contributed by atoms with E-state index >= 15 is 0 Å². The van der Waals surface area contributed by atoms with E-state index in [-0.39, 0.29) is 0 Å². The largest absolute Gasteiger partial charge is 0.489 e. The van der Waals surface area contributed by atoms with Gasteiger partial charge in [-0.15, -0.1) is 11.3 Å². The number of benzene rings is 2. The fourth-order valence-corrected chi connectivity index (χ4v) is 3.28. The van der Waals surface area contributed by atoms with Crippen molar-refractivity contribution < 1.29 is 4.74 Å². The second-order valence-electron chi connectivity index (χ2n) is 5.54. The van der Waals surface area contributed by atoms with Crippen LogP contribution < -0.4 is 4.74 Å². The second kappa shape index (κ2) is 7.28. The SMILES string of the molecule is C[C@H](Cc1ccc(OCc2ccccc2)cc1)c1cccs1. The third-order valence-electron chi connectivity index (χ3n) is 3.74. The molecule has 0 radical (unpaired) electrons. The van der Waals surface area contributed by atoms with Gasteiger partial charge in [-0.3, -0.25) is 0 Å². The maximum absolute atomic E-state index is 5.83. The Bertz CT molecular complexity index is 671. The molecule has 2 aromatic carbocycles. The van der Waals surface area contributed by atoms with Crippen molar-refractivity contribution in [1.29, 1.82) is 0 Å². The highest BCUT2D eigenvalue weighted by Gasteiger charge is 2.07. The molecule has 0 saturated carbocycles. The van der Waals surface area contributed by atoms with Gasteiger partial charge >= 0.3 is 0 Å². The molecule has 1 nitrogen and oxygen atoms in total. The minimum Gasteiger partial charge on any atom is -0.489 e. The molecule has 0 aliphatic heterocycles. The Morgan fingerprint density at radius 1 is 0.864 bits per heavy atom. The maximum atomic E-state index is 5.83. The average Bonchev–Trinajstić information content (AvgIpc) is 3.10. The van der Waals surface area contributed by atoms with Crippen molar-refractivity contribution in [2.45, 2.75) is 25.9 Å². The van der Waals surface area contributed by atoms with E-state index in [2.05, 4.69) is 60.8 Å². The zero-order chi connectivity index (χ0) is 15.2. The van der Waals surface area contributed by atoms with E-state index in [1.54, 1.807) is 0 Å². The van der Waals surface area contributed by atoms with E-state index in [9.17, 15) is 0 Å². The molecular weight excluding hydrogens is 288 g/mol. The van der Waals surface area contributed by atoms with Gasteiger partial charge < -0.3 is 4.74 Å². The van der Waals surface area contributed by atoms with Crippen molar-refractivity contribution in [1.82, 2.24) is 0 Å². The Balaban J connectivity index is 1.56. The number of rotatable bonds is 6. The normalized spacial score (nSPS) is 12.0. The molecule has 22 heavy (non-hydrogen) atoms. The molecule has 0 unspecified atom stereocenters. The van der Waals surface area contributed by atoms with Gasteiger partial charge in [0.2, 0.25) is 0 Å². The van der Waals surface area contributed by atoms with Crippen LogP contribution in [-0.2, 0) is 13.0 Å². The van der Waals surface area contributed by atoms with Gasteiger partial charge in [0, 0.05) is 4.88 Å². The molecule has 0 aliphatic rings. The first kappa shape index (κ1) is 14.9. The summed E-state index contributed by atoms with van der Waals surface area (Å²) >= 11 is 1.83. The summed E-state index contributed by atoms with van der Waals surface area (Å²) in [7, 11) is 0. The summed E-state index contributed by atoms with van der Waals surface area (Å²) in [5.41, 5.74) is 2.55. The van der Waals surface area contributed by atoms with Crippen molar-refractivity contribution in [3.05, 3.63) is 88.1 Å². The molecule has 2 heteroatoms. The van der Waals surface area contributed by atoms with E-state index < -0.39 is 0 Å². The lowest BCUT2D eigenvalue weighted by atomic mass is 10.00. The molecule has 0 aliphatic carbocycles. The van der Waals surface area contributed by atoms with E-state index in [0.29, 0.717) is 12.5 Å². The van der Waals surface area contributed by atoms with Crippen LogP contribution in [0.25, 0.3) is 0 Å². The molecule has 0 fully saturated rings. The molecule has 1 aromatic heterocycles. The van der Waals surface area contributed by atoms with Crippen molar-refractivity contribution >= 4 is 11.3 Å². The summed E-state index contributed by atoms with van der Waals surface area (Å²) in [6.07, 6.45) is 1.07. The average molecular weight is 308 g/mol.